The van der Waals surface area contributed by atoms with E-state index in [2.05, 4.69) is 83.3 Å². The number of rotatable bonds is 17. The van der Waals surface area contributed by atoms with E-state index < -0.39 is 0 Å². The van der Waals surface area contributed by atoms with Crippen molar-refractivity contribution < 1.29 is 4.79 Å². The van der Waals surface area contributed by atoms with Crippen LogP contribution in [0, 0.1) is 17.8 Å². The van der Waals surface area contributed by atoms with Gasteiger partial charge >= 0.3 is 0 Å². The van der Waals surface area contributed by atoms with Crippen LogP contribution in [0.4, 0.5) is 0 Å². The maximum Gasteiger partial charge on any atom is 0.149 e. The Labute approximate surface area is 239 Å². The molecule has 5 heteroatoms. The van der Waals surface area contributed by atoms with Gasteiger partial charge in [-0.15, -0.1) is 0 Å². The predicted molar refractivity (Wildman–Crippen MR) is 170 cm³/mol. The average molecular weight is 537 g/mol. The first-order chi connectivity index (χ1) is 18.6. The molecule has 0 aromatic heterocycles. The predicted octanol–water partition coefficient (Wildman–Crippen LogP) is 8.55. The van der Waals surface area contributed by atoms with Crippen LogP contribution >= 0.6 is 0 Å². The molecule has 1 aliphatic rings. The van der Waals surface area contributed by atoms with Gasteiger partial charge < -0.3 is 16.0 Å². The van der Waals surface area contributed by atoms with Crippen LogP contribution in [-0.4, -0.2) is 23.6 Å². The number of aliphatic imine (C=N–C) groups is 1. The van der Waals surface area contributed by atoms with Gasteiger partial charge in [-0.2, -0.15) is 0 Å². The molecule has 1 heterocycles. The van der Waals surface area contributed by atoms with Gasteiger partial charge in [-0.05, 0) is 75.4 Å². The third kappa shape index (κ3) is 9.70. The smallest absolute Gasteiger partial charge is 0.149 e. The summed E-state index contributed by atoms with van der Waals surface area (Å²) in [5.74, 6) is 1.68. The van der Waals surface area contributed by atoms with E-state index in [0.717, 1.165) is 85.2 Å². The molecular weight excluding hydrogens is 480 g/mol. The molecule has 0 saturated carbocycles. The molecule has 3 atom stereocenters. The van der Waals surface area contributed by atoms with Crippen molar-refractivity contribution in [3.63, 3.8) is 0 Å². The Morgan fingerprint density at radius 2 is 1.82 bits per heavy atom. The first kappa shape index (κ1) is 34.2. The first-order valence-electron chi connectivity index (χ1n) is 15.1. The number of allylic oxidation sites excluding steroid dienone is 8. The van der Waals surface area contributed by atoms with Gasteiger partial charge in [0.25, 0.3) is 0 Å². The van der Waals surface area contributed by atoms with Crippen LogP contribution < -0.4 is 11.1 Å². The molecule has 3 N–H and O–H groups in total. The molecule has 0 amide bonds. The SMILES string of the molecule is C=C(C(CCCC)C[C@H](C)CC)N1C=CN=C(N)\C1=C(C(/C=C\C(C=O)=C(C)CC)=C(/C)NCC)\C(C)CC. The highest BCUT2D eigenvalue weighted by atomic mass is 16.1. The monoisotopic (exact) mass is 536 g/mol. The maximum atomic E-state index is 11.9. The number of aldehydes is 1. The maximum absolute atomic E-state index is 11.9. The molecule has 5 nitrogen and oxygen atoms in total. The summed E-state index contributed by atoms with van der Waals surface area (Å²) in [6.07, 6.45) is 16.2. The van der Waals surface area contributed by atoms with Crippen molar-refractivity contribution in [3.8, 4) is 0 Å². The molecule has 0 bridgehead atoms. The Morgan fingerprint density at radius 3 is 2.36 bits per heavy atom. The Hall–Kier alpha value is -2.82. The summed E-state index contributed by atoms with van der Waals surface area (Å²) in [6.45, 7) is 25.0. The standard InChI is InChI=1S/C34H56N4O/c1-11-16-17-29(22-24(6)12-2)28(10)38-21-20-37-34(35)33(38)32(26(8)14-4)31(27(9)36-15-5)19-18-30(23-39)25(7)13-3/h18-21,23-24,26,29,36H,10-17,22H2,1-9H3,(H2,35,37)/b19-18-,30-25?,31-27-,33-32+/t24-,26?,29?/m1/s1. The summed E-state index contributed by atoms with van der Waals surface area (Å²) in [4.78, 5) is 18.7. The molecule has 0 aromatic rings. The van der Waals surface area contributed by atoms with Crippen LogP contribution in [0.2, 0.25) is 0 Å². The van der Waals surface area contributed by atoms with Crippen LogP contribution in [-0.2, 0) is 4.79 Å². The van der Waals surface area contributed by atoms with E-state index in [1.165, 1.54) is 6.42 Å². The summed E-state index contributed by atoms with van der Waals surface area (Å²) in [5.41, 5.74) is 13.7. The molecule has 2 unspecified atom stereocenters. The molecule has 0 aromatic carbocycles. The van der Waals surface area contributed by atoms with E-state index in [4.69, 9.17) is 5.73 Å². The molecule has 0 spiro atoms. The lowest BCUT2D eigenvalue weighted by molar-refractivity contribution is -0.104. The van der Waals surface area contributed by atoms with Crippen LogP contribution in [0.5, 0.6) is 0 Å². The highest BCUT2D eigenvalue weighted by Gasteiger charge is 2.29. The van der Waals surface area contributed by atoms with Crippen LogP contribution in [0.1, 0.15) is 107 Å². The topological polar surface area (TPSA) is 70.7 Å². The highest BCUT2D eigenvalue weighted by Crippen LogP contribution is 2.37. The number of nitrogens with two attached hydrogens (primary N) is 1. The van der Waals surface area contributed by atoms with Crippen molar-refractivity contribution in [1.82, 2.24) is 10.2 Å². The summed E-state index contributed by atoms with van der Waals surface area (Å²) in [6, 6.07) is 0. The molecular formula is C34H56N4O. The number of nitrogens with one attached hydrogen (secondary N) is 1. The zero-order valence-electron chi connectivity index (χ0n) is 26.4. The quantitative estimate of drug-likeness (QED) is 0.111. The minimum atomic E-state index is 0.198. The molecule has 218 valence electrons. The normalized spacial score (nSPS) is 18.7. The summed E-state index contributed by atoms with van der Waals surface area (Å²) >= 11 is 0. The van der Waals surface area contributed by atoms with Gasteiger partial charge in [0.15, 0.2) is 0 Å². The molecule has 0 saturated heterocycles. The number of hydrogen-bond acceptors (Lipinski definition) is 5. The number of unbranched alkanes of at least 4 members (excludes halogenated alkanes) is 1. The minimum Gasteiger partial charge on any atom is -0.388 e. The number of nitrogens with zero attached hydrogens (tertiary/aromatic N) is 2. The van der Waals surface area contributed by atoms with Gasteiger partial charge in [-0.25, -0.2) is 4.99 Å². The Kier molecular flexibility index (Phi) is 15.5. The summed E-state index contributed by atoms with van der Waals surface area (Å²) in [7, 11) is 0. The van der Waals surface area contributed by atoms with Crippen LogP contribution in [0.15, 0.2) is 75.5 Å². The lowest BCUT2D eigenvalue weighted by atomic mass is 9.85. The van der Waals surface area contributed by atoms with E-state index in [0.29, 0.717) is 23.2 Å². The Morgan fingerprint density at radius 1 is 1.13 bits per heavy atom. The van der Waals surface area contributed by atoms with E-state index >= 15 is 0 Å². The van der Waals surface area contributed by atoms with Crippen molar-refractivity contribution in [1.29, 1.82) is 0 Å². The average Bonchev–Trinajstić information content (AvgIpc) is 2.94. The van der Waals surface area contributed by atoms with E-state index in [9.17, 15) is 4.79 Å². The fraction of sp³-hybridized carbons (Fsp3) is 0.588. The van der Waals surface area contributed by atoms with E-state index in [1.807, 2.05) is 19.2 Å². The van der Waals surface area contributed by atoms with Crippen LogP contribution in [0.25, 0.3) is 0 Å². The second kappa shape index (κ2) is 17.7. The Balaban J connectivity index is 3.94. The third-order valence-electron chi connectivity index (χ3n) is 8.06. The molecule has 39 heavy (non-hydrogen) atoms. The first-order valence-corrected chi connectivity index (χ1v) is 15.1. The molecule has 0 aliphatic carbocycles. The second-order valence-corrected chi connectivity index (χ2v) is 10.9. The van der Waals surface area contributed by atoms with Crippen molar-refractivity contribution >= 4 is 12.1 Å². The van der Waals surface area contributed by atoms with Gasteiger partial charge in [0.1, 0.15) is 12.1 Å². The molecule has 1 aliphatic heterocycles. The molecule has 1 rings (SSSR count). The van der Waals surface area contributed by atoms with Crippen molar-refractivity contribution in [3.05, 3.63) is 70.5 Å². The highest BCUT2D eigenvalue weighted by molar-refractivity contribution is 5.99. The molecule has 0 fully saturated rings. The summed E-state index contributed by atoms with van der Waals surface area (Å²) < 4.78 is 0. The largest absolute Gasteiger partial charge is 0.388 e. The van der Waals surface area contributed by atoms with Gasteiger partial charge in [0, 0.05) is 35.9 Å². The number of amidine groups is 1. The van der Waals surface area contributed by atoms with Crippen molar-refractivity contribution in [2.75, 3.05) is 6.54 Å². The zero-order chi connectivity index (χ0) is 29.5. The molecule has 0 radical (unpaired) electrons. The van der Waals surface area contributed by atoms with E-state index in [1.54, 1.807) is 6.20 Å². The van der Waals surface area contributed by atoms with Crippen molar-refractivity contribution in [2.45, 2.75) is 107 Å². The number of carbonyl (C=O) groups excluding carboxylic acids is 1. The number of hydrogen-bond donors (Lipinski definition) is 2. The fourth-order valence-corrected chi connectivity index (χ4v) is 4.93. The lowest BCUT2D eigenvalue weighted by Gasteiger charge is -2.36. The third-order valence-corrected chi connectivity index (χ3v) is 8.06. The van der Waals surface area contributed by atoms with Gasteiger partial charge in [0.2, 0.25) is 0 Å². The van der Waals surface area contributed by atoms with Gasteiger partial charge in [-0.3, -0.25) is 4.79 Å². The Bertz CT molecular complexity index is 1010. The fourth-order valence-electron chi connectivity index (χ4n) is 4.93. The van der Waals surface area contributed by atoms with Crippen LogP contribution in [0.3, 0.4) is 0 Å². The van der Waals surface area contributed by atoms with Gasteiger partial charge in [0.05, 0.1) is 5.70 Å². The van der Waals surface area contributed by atoms with Gasteiger partial charge in [-0.1, -0.05) is 85.1 Å². The zero-order valence-corrected chi connectivity index (χ0v) is 26.4. The number of carbonyl (C=O) groups is 1. The van der Waals surface area contributed by atoms with E-state index in [-0.39, 0.29) is 5.92 Å². The lowest BCUT2D eigenvalue weighted by Crippen LogP contribution is -2.35. The minimum absolute atomic E-state index is 0.198. The second-order valence-electron chi connectivity index (χ2n) is 10.9. The summed E-state index contributed by atoms with van der Waals surface area (Å²) in [5, 5.41) is 3.52. The van der Waals surface area contributed by atoms with Crippen molar-refractivity contribution in [2.24, 2.45) is 28.5 Å².